The average Bonchev–Trinajstić information content (AvgIpc) is 2.52. The van der Waals surface area contributed by atoms with E-state index < -0.39 is 0 Å². The lowest BCUT2D eigenvalue weighted by Crippen LogP contribution is -2.07. The second kappa shape index (κ2) is 7.23. The smallest absolute Gasteiger partial charge is 0.221 e. The van der Waals surface area contributed by atoms with Gasteiger partial charge in [-0.3, -0.25) is 9.59 Å². The van der Waals surface area contributed by atoms with E-state index in [2.05, 4.69) is 11.4 Å². The molecule has 1 amide bonds. The van der Waals surface area contributed by atoms with E-state index in [1.807, 2.05) is 0 Å². The minimum absolute atomic E-state index is 0.116. The molecule has 5 nitrogen and oxygen atoms in total. The Balaban J connectivity index is 2.20. The molecule has 0 bridgehead atoms. The van der Waals surface area contributed by atoms with Crippen LogP contribution in [0.4, 0.5) is 5.69 Å². The van der Waals surface area contributed by atoms with E-state index in [-0.39, 0.29) is 18.3 Å². The van der Waals surface area contributed by atoms with Gasteiger partial charge in [0.1, 0.15) is 12.4 Å². The number of ether oxygens (including phenoxy) is 1. The SMILES string of the molecule is CC(=O)Nc1ccc(C(C)=O)c(OCc2ccc(C#N)cc2)c1. The van der Waals surface area contributed by atoms with Gasteiger partial charge in [-0.15, -0.1) is 0 Å². The fourth-order valence-electron chi connectivity index (χ4n) is 2.05. The fraction of sp³-hybridized carbons (Fsp3) is 0.167. The molecule has 0 saturated heterocycles. The topological polar surface area (TPSA) is 79.2 Å². The van der Waals surface area contributed by atoms with Crippen LogP contribution in [0, 0.1) is 11.3 Å². The number of hydrogen-bond donors (Lipinski definition) is 1. The predicted octanol–water partition coefficient (Wildman–Crippen LogP) is 3.30. The maximum atomic E-state index is 11.7. The van der Waals surface area contributed by atoms with E-state index in [1.54, 1.807) is 42.5 Å². The third-order valence-corrected chi connectivity index (χ3v) is 3.16. The van der Waals surface area contributed by atoms with Gasteiger partial charge in [-0.05, 0) is 36.8 Å². The van der Waals surface area contributed by atoms with E-state index in [0.717, 1.165) is 5.56 Å². The molecule has 1 N–H and O–H groups in total. The molecule has 0 aliphatic carbocycles. The number of nitrogens with one attached hydrogen (secondary N) is 1. The first-order chi connectivity index (χ1) is 11.0. The summed E-state index contributed by atoms with van der Waals surface area (Å²) >= 11 is 0. The van der Waals surface area contributed by atoms with Crippen LogP contribution in [0.1, 0.15) is 35.3 Å². The molecule has 0 saturated carbocycles. The van der Waals surface area contributed by atoms with Crippen LogP contribution in [0.15, 0.2) is 42.5 Å². The largest absolute Gasteiger partial charge is 0.488 e. The first-order valence-electron chi connectivity index (χ1n) is 7.04. The Kier molecular flexibility index (Phi) is 5.11. The summed E-state index contributed by atoms with van der Waals surface area (Å²) in [6.45, 7) is 3.13. The molecule has 116 valence electrons. The van der Waals surface area contributed by atoms with Crippen molar-refractivity contribution in [3.63, 3.8) is 0 Å². The molecule has 5 heteroatoms. The lowest BCUT2D eigenvalue weighted by molar-refractivity contribution is -0.114. The molecule has 2 rings (SSSR count). The summed E-state index contributed by atoms with van der Waals surface area (Å²) in [4.78, 5) is 22.8. The summed E-state index contributed by atoms with van der Waals surface area (Å²) in [5.41, 5.74) is 2.47. The van der Waals surface area contributed by atoms with Gasteiger partial charge in [0.15, 0.2) is 5.78 Å². The molecule has 0 unspecified atom stereocenters. The summed E-state index contributed by atoms with van der Waals surface area (Å²) in [5, 5.41) is 11.4. The van der Waals surface area contributed by atoms with E-state index in [9.17, 15) is 9.59 Å². The van der Waals surface area contributed by atoms with Crippen molar-refractivity contribution in [2.75, 3.05) is 5.32 Å². The fourth-order valence-corrected chi connectivity index (χ4v) is 2.05. The highest BCUT2D eigenvalue weighted by atomic mass is 16.5. The molecule has 23 heavy (non-hydrogen) atoms. The van der Waals surface area contributed by atoms with Crippen LogP contribution in [0.5, 0.6) is 5.75 Å². The molecule has 2 aromatic carbocycles. The van der Waals surface area contributed by atoms with Crippen molar-refractivity contribution in [2.24, 2.45) is 0 Å². The van der Waals surface area contributed by atoms with Gasteiger partial charge < -0.3 is 10.1 Å². The molecule has 2 aromatic rings. The molecule has 0 fully saturated rings. The molecule has 0 aliphatic rings. The summed E-state index contributed by atoms with van der Waals surface area (Å²) in [6, 6.07) is 14.0. The Labute approximate surface area is 134 Å². The van der Waals surface area contributed by atoms with Gasteiger partial charge >= 0.3 is 0 Å². The van der Waals surface area contributed by atoms with E-state index in [1.165, 1.54) is 13.8 Å². The lowest BCUT2D eigenvalue weighted by atomic mass is 10.1. The van der Waals surface area contributed by atoms with Gasteiger partial charge in [0.2, 0.25) is 5.91 Å². The number of Topliss-reactive ketones (excluding diaryl/α,β-unsaturated/α-hetero) is 1. The number of carbonyl (C=O) groups is 2. The highest BCUT2D eigenvalue weighted by molar-refractivity contribution is 5.98. The van der Waals surface area contributed by atoms with Crippen molar-refractivity contribution in [3.05, 3.63) is 59.2 Å². The number of anilines is 1. The van der Waals surface area contributed by atoms with Crippen LogP contribution in [0.3, 0.4) is 0 Å². The summed E-state index contributed by atoms with van der Waals surface area (Å²) in [5.74, 6) is 0.0981. The Morgan fingerprint density at radius 1 is 1.13 bits per heavy atom. The van der Waals surface area contributed by atoms with E-state index >= 15 is 0 Å². The van der Waals surface area contributed by atoms with Gasteiger partial charge in [-0.1, -0.05) is 12.1 Å². The van der Waals surface area contributed by atoms with E-state index in [4.69, 9.17) is 10.00 Å². The molecule has 0 atom stereocenters. The van der Waals surface area contributed by atoms with Gasteiger partial charge in [-0.25, -0.2) is 0 Å². The predicted molar refractivity (Wildman–Crippen MR) is 86.2 cm³/mol. The van der Waals surface area contributed by atoms with Gasteiger partial charge in [0.05, 0.1) is 17.2 Å². The van der Waals surface area contributed by atoms with Gasteiger partial charge in [-0.2, -0.15) is 5.26 Å². The molecular weight excluding hydrogens is 292 g/mol. The standard InChI is InChI=1S/C18H16N2O3/c1-12(21)17-8-7-16(20-13(2)22)9-18(17)23-11-15-5-3-14(10-19)4-6-15/h3-9H,11H2,1-2H3,(H,20,22). The summed E-state index contributed by atoms with van der Waals surface area (Å²) in [6.07, 6.45) is 0. The number of rotatable bonds is 5. The molecule has 0 aromatic heterocycles. The van der Waals surface area contributed by atoms with E-state index in [0.29, 0.717) is 22.6 Å². The number of ketones is 1. The zero-order valence-corrected chi connectivity index (χ0v) is 12.9. The summed E-state index contributed by atoms with van der Waals surface area (Å²) < 4.78 is 5.73. The number of hydrogen-bond acceptors (Lipinski definition) is 4. The quantitative estimate of drug-likeness (QED) is 0.859. The third-order valence-electron chi connectivity index (χ3n) is 3.16. The van der Waals surface area contributed by atoms with Crippen LogP contribution in [0.25, 0.3) is 0 Å². The lowest BCUT2D eigenvalue weighted by Gasteiger charge is -2.12. The van der Waals surface area contributed by atoms with Gasteiger partial charge in [0, 0.05) is 18.7 Å². The normalized spacial score (nSPS) is 9.78. The second-order valence-corrected chi connectivity index (χ2v) is 5.05. The van der Waals surface area contributed by atoms with Crippen LogP contribution >= 0.6 is 0 Å². The average molecular weight is 308 g/mol. The van der Waals surface area contributed by atoms with Crippen molar-refractivity contribution in [3.8, 4) is 11.8 Å². The molecule has 0 radical (unpaired) electrons. The Bertz CT molecular complexity index is 774. The highest BCUT2D eigenvalue weighted by Gasteiger charge is 2.10. The van der Waals surface area contributed by atoms with Crippen LogP contribution in [0.2, 0.25) is 0 Å². The third kappa shape index (κ3) is 4.42. The van der Waals surface area contributed by atoms with Gasteiger partial charge in [0.25, 0.3) is 0 Å². The zero-order valence-electron chi connectivity index (χ0n) is 12.9. The summed E-state index contributed by atoms with van der Waals surface area (Å²) in [7, 11) is 0. The Hall–Kier alpha value is -3.13. The Morgan fingerprint density at radius 3 is 2.39 bits per heavy atom. The molecule has 0 heterocycles. The number of amides is 1. The second-order valence-electron chi connectivity index (χ2n) is 5.05. The maximum Gasteiger partial charge on any atom is 0.221 e. The van der Waals surface area contributed by atoms with Crippen molar-refractivity contribution >= 4 is 17.4 Å². The van der Waals surface area contributed by atoms with Crippen LogP contribution < -0.4 is 10.1 Å². The monoisotopic (exact) mass is 308 g/mol. The minimum atomic E-state index is -0.196. The minimum Gasteiger partial charge on any atom is -0.488 e. The first-order valence-corrected chi connectivity index (χ1v) is 7.04. The Morgan fingerprint density at radius 2 is 1.83 bits per heavy atom. The number of carbonyl (C=O) groups excluding carboxylic acids is 2. The van der Waals surface area contributed by atoms with Crippen LogP contribution in [-0.2, 0) is 11.4 Å². The highest BCUT2D eigenvalue weighted by Crippen LogP contribution is 2.25. The maximum absolute atomic E-state index is 11.7. The van der Waals surface area contributed by atoms with Crippen molar-refractivity contribution < 1.29 is 14.3 Å². The first kappa shape index (κ1) is 16.2. The van der Waals surface area contributed by atoms with Crippen molar-refractivity contribution in [1.29, 1.82) is 5.26 Å². The number of nitriles is 1. The van der Waals surface area contributed by atoms with Crippen LogP contribution in [-0.4, -0.2) is 11.7 Å². The number of nitrogens with zero attached hydrogens (tertiary/aromatic N) is 1. The van der Waals surface area contributed by atoms with Crippen molar-refractivity contribution in [1.82, 2.24) is 0 Å². The molecule has 0 spiro atoms. The van der Waals surface area contributed by atoms with Crippen molar-refractivity contribution in [2.45, 2.75) is 20.5 Å². The molecular formula is C18H16N2O3. The number of benzene rings is 2. The zero-order chi connectivity index (χ0) is 16.8. The molecule has 0 aliphatic heterocycles.